The van der Waals surface area contributed by atoms with Crippen LogP contribution in [0.25, 0.3) is 11.1 Å². The molecule has 0 bridgehead atoms. The van der Waals surface area contributed by atoms with Crippen LogP contribution in [0, 0.1) is 6.92 Å². The van der Waals surface area contributed by atoms with Gasteiger partial charge in [0.25, 0.3) is 6.43 Å². The van der Waals surface area contributed by atoms with Gasteiger partial charge < -0.3 is 15.5 Å². The Labute approximate surface area is 167 Å². The van der Waals surface area contributed by atoms with Crippen LogP contribution in [-0.2, 0) is 6.54 Å². The number of aryl methyl sites for hydroxylation is 1. The number of alkyl halides is 2. The molecule has 0 fully saturated rings. The van der Waals surface area contributed by atoms with Gasteiger partial charge in [0.1, 0.15) is 5.69 Å². The number of nitrogens with one attached hydrogen (secondary N) is 1. The lowest BCUT2D eigenvalue weighted by Crippen LogP contribution is -2.21. The second-order valence-electron chi connectivity index (χ2n) is 7.01. The summed E-state index contributed by atoms with van der Waals surface area (Å²) in [7, 11) is 0. The highest BCUT2D eigenvalue weighted by atomic mass is 19.3. The molecule has 9 heteroatoms. The Hall–Kier alpha value is -2.91. The first kappa shape index (κ1) is 20.8. The van der Waals surface area contributed by atoms with Crippen molar-refractivity contribution in [2.24, 2.45) is 0 Å². The molecule has 2 unspecified atom stereocenters. The standard InChI is InChI=1S/C20H23F2N5O2/c1-12-5-14(15-9-24-27(10-15)11-17(29)7-13(2)28)8-16(6-12)25-20-23-4-3-18(26-20)19(21)22/h3-6,8-10,13,17,19,28-29H,7,11H2,1-2H3,(H,23,25,26). The molecule has 3 rings (SSSR count). The van der Waals surface area contributed by atoms with Crippen LogP contribution < -0.4 is 5.32 Å². The van der Waals surface area contributed by atoms with E-state index in [2.05, 4.69) is 20.4 Å². The van der Waals surface area contributed by atoms with Crippen molar-refractivity contribution in [1.29, 1.82) is 0 Å². The SMILES string of the molecule is Cc1cc(Nc2nccc(C(F)F)n2)cc(-c2cnn(CC(O)CC(C)O)c2)c1. The topological polar surface area (TPSA) is 96.1 Å². The third kappa shape index (κ3) is 5.78. The average molecular weight is 403 g/mol. The van der Waals surface area contributed by atoms with Gasteiger partial charge in [0.05, 0.1) is 24.9 Å². The minimum absolute atomic E-state index is 0.0938. The molecule has 0 aliphatic rings. The molecule has 0 saturated heterocycles. The summed E-state index contributed by atoms with van der Waals surface area (Å²) in [6.45, 7) is 3.82. The molecule has 0 aliphatic heterocycles. The van der Waals surface area contributed by atoms with E-state index in [1.165, 1.54) is 12.3 Å². The molecule has 0 spiro atoms. The van der Waals surface area contributed by atoms with Gasteiger partial charge in [0.15, 0.2) is 0 Å². The lowest BCUT2D eigenvalue weighted by molar-refractivity contribution is 0.0771. The molecule has 0 saturated carbocycles. The zero-order chi connectivity index (χ0) is 21.0. The first-order chi connectivity index (χ1) is 13.8. The van der Waals surface area contributed by atoms with Gasteiger partial charge in [-0.3, -0.25) is 4.68 Å². The number of aliphatic hydroxyl groups excluding tert-OH is 2. The zero-order valence-corrected chi connectivity index (χ0v) is 16.1. The van der Waals surface area contributed by atoms with Gasteiger partial charge in [0.2, 0.25) is 5.95 Å². The Morgan fingerprint density at radius 3 is 2.69 bits per heavy atom. The van der Waals surface area contributed by atoms with E-state index >= 15 is 0 Å². The summed E-state index contributed by atoms with van der Waals surface area (Å²) in [4.78, 5) is 7.81. The van der Waals surface area contributed by atoms with E-state index in [0.717, 1.165) is 16.7 Å². The summed E-state index contributed by atoms with van der Waals surface area (Å²) in [5.74, 6) is 0.0938. The van der Waals surface area contributed by atoms with Crippen LogP contribution in [0.4, 0.5) is 20.4 Å². The minimum atomic E-state index is -2.67. The van der Waals surface area contributed by atoms with Gasteiger partial charge in [-0.1, -0.05) is 6.07 Å². The smallest absolute Gasteiger partial charge is 0.280 e. The van der Waals surface area contributed by atoms with E-state index in [0.29, 0.717) is 5.69 Å². The zero-order valence-electron chi connectivity index (χ0n) is 16.1. The van der Waals surface area contributed by atoms with Crippen LogP contribution in [-0.4, -0.2) is 42.2 Å². The fraction of sp³-hybridized carbons (Fsp3) is 0.350. The molecule has 0 radical (unpaired) electrons. The molecule has 29 heavy (non-hydrogen) atoms. The fourth-order valence-corrected chi connectivity index (χ4v) is 3.00. The second kappa shape index (κ2) is 9.06. The Morgan fingerprint density at radius 1 is 1.17 bits per heavy atom. The number of hydrogen-bond acceptors (Lipinski definition) is 6. The lowest BCUT2D eigenvalue weighted by atomic mass is 10.1. The predicted octanol–water partition coefficient (Wildman–Crippen LogP) is 3.46. The van der Waals surface area contributed by atoms with Crippen LogP contribution >= 0.6 is 0 Å². The largest absolute Gasteiger partial charge is 0.393 e. The van der Waals surface area contributed by atoms with Gasteiger partial charge in [-0.2, -0.15) is 5.10 Å². The first-order valence-electron chi connectivity index (χ1n) is 9.19. The summed E-state index contributed by atoms with van der Waals surface area (Å²) >= 11 is 0. The average Bonchev–Trinajstić information content (AvgIpc) is 3.09. The first-order valence-corrected chi connectivity index (χ1v) is 9.19. The number of hydrogen-bond donors (Lipinski definition) is 3. The van der Waals surface area contributed by atoms with Gasteiger partial charge in [0, 0.05) is 30.1 Å². The highest BCUT2D eigenvalue weighted by Crippen LogP contribution is 2.26. The summed E-state index contributed by atoms with van der Waals surface area (Å²) in [6.07, 6.45) is 1.09. The number of rotatable bonds is 8. The van der Waals surface area contributed by atoms with E-state index in [1.54, 1.807) is 24.0 Å². The summed E-state index contributed by atoms with van der Waals surface area (Å²) in [5.41, 5.74) is 2.98. The maximum absolute atomic E-state index is 12.8. The Kier molecular flexibility index (Phi) is 6.50. The molecule has 2 heterocycles. The number of aliphatic hydroxyl groups is 2. The molecule has 2 aromatic heterocycles. The summed E-state index contributed by atoms with van der Waals surface area (Å²) in [5, 5.41) is 26.6. The molecule has 3 aromatic rings. The van der Waals surface area contributed by atoms with Crippen LogP contribution in [0.15, 0.2) is 42.9 Å². The van der Waals surface area contributed by atoms with Crippen molar-refractivity contribution in [3.05, 3.63) is 54.1 Å². The summed E-state index contributed by atoms with van der Waals surface area (Å²) in [6, 6.07) is 6.85. The van der Waals surface area contributed by atoms with Crippen molar-refractivity contribution >= 4 is 11.6 Å². The van der Waals surface area contributed by atoms with Gasteiger partial charge in [-0.05, 0) is 43.2 Å². The quantitative estimate of drug-likeness (QED) is 0.533. The Bertz CT molecular complexity index is 962. The third-order valence-electron chi connectivity index (χ3n) is 4.21. The Morgan fingerprint density at radius 2 is 1.97 bits per heavy atom. The molecular weight excluding hydrogens is 380 g/mol. The van der Waals surface area contributed by atoms with Gasteiger partial charge >= 0.3 is 0 Å². The van der Waals surface area contributed by atoms with Gasteiger partial charge in [-0.25, -0.2) is 18.7 Å². The van der Waals surface area contributed by atoms with E-state index in [1.807, 2.05) is 25.1 Å². The number of halogens is 2. The van der Waals surface area contributed by atoms with Crippen LogP contribution in [0.5, 0.6) is 0 Å². The van der Waals surface area contributed by atoms with E-state index < -0.39 is 18.6 Å². The van der Waals surface area contributed by atoms with Crippen molar-refractivity contribution < 1.29 is 19.0 Å². The molecule has 2 atom stereocenters. The molecule has 7 nitrogen and oxygen atoms in total. The number of aromatic nitrogens is 4. The molecule has 1 aromatic carbocycles. The molecule has 0 aliphatic carbocycles. The van der Waals surface area contributed by atoms with Crippen molar-refractivity contribution in [2.75, 3.05) is 5.32 Å². The molecule has 154 valence electrons. The second-order valence-corrected chi connectivity index (χ2v) is 7.01. The van der Waals surface area contributed by atoms with Crippen LogP contribution in [0.1, 0.15) is 31.0 Å². The van der Waals surface area contributed by atoms with E-state index in [9.17, 15) is 19.0 Å². The van der Waals surface area contributed by atoms with Crippen molar-refractivity contribution in [2.45, 2.75) is 45.4 Å². The van der Waals surface area contributed by atoms with Gasteiger partial charge in [-0.15, -0.1) is 0 Å². The maximum atomic E-state index is 12.8. The minimum Gasteiger partial charge on any atom is -0.393 e. The van der Waals surface area contributed by atoms with Crippen LogP contribution in [0.2, 0.25) is 0 Å². The number of benzene rings is 1. The van der Waals surface area contributed by atoms with Crippen molar-refractivity contribution in [3.63, 3.8) is 0 Å². The van der Waals surface area contributed by atoms with Crippen molar-refractivity contribution in [3.8, 4) is 11.1 Å². The van der Waals surface area contributed by atoms with E-state index in [4.69, 9.17) is 0 Å². The number of anilines is 2. The van der Waals surface area contributed by atoms with E-state index in [-0.39, 0.29) is 24.6 Å². The molecule has 0 amide bonds. The van der Waals surface area contributed by atoms with Crippen LogP contribution in [0.3, 0.4) is 0 Å². The third-order valence-corrected chi connectivity index (χ3v) is 4.21. The fourth-order valence-electron chi connectivity index (χ4n) is 3.00. The monoisotopic (exact) mass is 403 g/mol. The highest BCUT2D eigenvalue weighted by molar-refractivity contribution is 5.70. The lowest BCUT2D eigenvalue weighted by Gasteiger charge is -2.12. The maximum Gasteiger partial charge on any atom is 0.280 e. The summed E-state index contributed by atoms with van der Waals surface area (Å²) < 4.78 is 27.3. The molecule has 3 N–H and O–H groups in total. The predicted molar refractivity (Wildman–Crippen MR) is 105 cm³/mol. The number of nitrogens with zero attached hydrogens (tertiary/aromatic N) is 4. The normalized spacial score (nSPS) is 13.5. The van der Waals surface area contributed by atoms with Crippen molar-refractivity contribution in [1.82, 2.24) is 19.7 Å². The highest BCUT2D eigenvalue weighted by Gasteiger charge is 2.12. The molecular formula is C20H23F2N5O2. The Balaban J connectivity index is 1.78.